The Balaban J connectivity index is 2.54. The maximum atomic E-state index is 12.9. The van der Waals surface area contributed by atoms with Crippen LogP contribution in [-0.2, 0) is 9.47 Å². The molecule has 0 aliphatic heterocycles. The number of rotatable bonds is 8. The Morgan fingerprint density at radius 1 is 1.05 bits per heavy atom. The van der Waals surface area contributed by atoms with Gasteiger partial charge in [-0.05, 0) is 6.07 Å². The zero-order valence-electron chi connectivity index (χ0n) is 10.4. The van der Waals surface area contributed by atoms with Gasteiger partial charge in [0.1, 0.15) is 12.4 Å². The average Bonchev–Trinajstić information content (AvgIpc) is 2.32. The van der Waals surface area contributed by atoms with Gasteiger partial charge in [0.05, 0.1) is 25.6 Å². The van der Waals surface area contributed by atoms with Gasteiger partial charge in [-0.25, -0.2) is 4.39 Å². The first-order valence-electron chi connectivity index (χ1n) is 5.64. The van der Waals surface area contributed by atoms with Crippen molar-refractivity contribution >= 4 is 12.4 Å². The first kappa shape index (κ1) is 15.8. The number of hydrogen-bond acceptors (Lipinski definition) is 3. The first-order valence-corrected chi connectivity index (χ1v) is 5.64. The molecule has 0 spiro atoms. The fourth-order valence-electron chi connectivity index (χ4n) is 1.36. The molecular formula is C11H14BF4O3-. The minimum Gasteiger partial charge on any atom is -0.494 e. The van der Waals surface area contributed by atoms with Crippen molar-refractivity contribution in [1.82, 2.24) is 0 Å². The van der Waals surface area contributed by atoms with E-state index in [4.69, 9.17) is 14.2 Å². The van der Waals surface area contributed by atoms with E-state index in [1.54, 1.807) is 0 Å². The van der Waals surface area contributed by atoms with Gasteiger partial charge in [-0.3, -0.25) is 0 Å². The molecule has 19 heavy (non-hydrogen) atoms. The van der Waals surface area contributed by atoms with Crippen LogP contribution in [0.3, 0.4) is 0 Å². The lowest BCUT2D eigenvalue weighted by Gasteiger charge is -2.19. The van der Waals surface area contributed by atoms with E-state index in [1.165, 1.54) is 7.11 Å². The number of benzene rings is 1. The fourth-order valence-corrected chi connectivity index (χ4v) is 1.36. The average molecular weight is 281 g/mol. The normalized spacial score (nSPS) is 11.6. The summed E-state index contributed by atoms with van der Waals surface area (Å²) in [6.07, 6.45) is 0. The molecule has 3 nitrogen and oxygen atoms in total. The molecule has 0 radical (unpaired) electrons. The van der Waals surface area contributed by atoms with Crippen LogP contribution < -0.4 is 10.2 Å². The SMILES string of the molecule is COCCOCCOc1cc(F)ccc1[B-](F)(F)F. The Kier molecular flexibility index (Phi) is 6.10. The highest BCUT2D eigenvalue weighted by molar-refractivity contribution is 6.74. The van der Waals surface area contributed by atoms with E-state index >= 15 is 0 Å². The van der Waals surface area contributed by atoms with Crippen LogP contribution in [0.5, 0.6) is 5.75 Å². The summed E-state index contributed by atoms with van der Waals surface area (Å²) < 4.78 is 65.6. The van der Waals surface area contributed by atoms with Crippen LogP contribution in [-0.4, -0.2) is 40.5 Å². The van der Waals surface area contributed by atoms with Crippen LogP contribution in [0.1, 0.15) is 0 Å². The van der Waals surface area contributed by atoms with E-state index in [0.29, 0.717) is 19.3 Å². The molecule has 0 aromatic heterocycles. The fraction of sp³-hybridized carbons (Fsp3) is 0.455. The van der Waals surface area contributed by atoms with Gasteiger partial charge in [0.2, 0.25) is 0 Å². The maximum Gasteiger partial charge on any atom is 0.513 e. The number of halogens is 4. The van der Waals surface area contributed by atoms with Crippen LogP contribution in [0.2, 0.25) is 0 Å². The Bertz CT molecular complexity index is 398. The Hall–Kier alpha value is -1.28. The Morgan fingerprint density at radius 2 is 1.74 bits per heavy atom. The van der Waals surface area contributed by atoms with Gasteiger partial charge >= 0.3 is 6.98 Å². The second kappa shape index (κ2) is 7.35. The summed E-state index contributed by atoms with van der Waals surface area (Å²) in [5, 5.41) is 0. The zero-order valence-corrected chi connectivity index (χ0v) is 10.4. The minimum atomic E-state index is -5.24. The molecule has 0 saturated carbocycles. The standard InChI is InChI=1S/C11H14BF4O3/c1-17-4-5-18-6-7-19-11-8-9(13)2-3-10(11)12(14,15)16/h2-3,8H,4-7H2,1H3/q-1. The highest BCUT2D eigenvalue weighted by atomic mass is 19.4. The van der Waals surface area contributed by atoms with E-state index < -0.39 is 24.0 Å². The predicted molar refractivity (Wildman–Crippen MR) is 63.3 cm³/mol. The third-order valence-corrected chi connectivity index (χ3v) is 2.25. The van der Waals surface area contributed by atoms with Crippen molar-refractivity contribution in [3.8, 4) is 5.75 Å². The Morgan fingerprint density at radius 3 is 2.37 bits per heavy atom. The quantitative estimate of drug-likeness (QED) is 0.414. The van der Waals surface area contributed by atoms with Crippen LogP contribution in [0.15, 0.2) is 18.2 Å². The van der Waals surface area contributed by atoms with Crippen molar-refractivity contribution in [2.24, 2.45) is 0 Å². The number of hydrogen-bond donors (Lipinski definition) is 0. The third kappa shape index (κ3) is 5.48. The monoisotopic (exact) mass is 281 g/mol. The predicted octanol–water partition coefficient (Wildman–Crippen LogP) is 1.92. The molecule has 0 amide bonds. The lowest BCUT2D eigenvalue weighted by atomic mass is 9.79. The number of methoxy groups -OCH3 is 1. The van der Waals surface area contributed by atoms with E-state index in [0.717, 1.165) is 12.1 Å². The molecule has 0 aliphatic rings. The molecule has 0 heterocycles. The highest BCUT2D eigenvalue weighted by Gasteiger charge is 2.29. The first-order chi connectivity index (χ1) is 8.95. The van der Waals surface area contributed by atoms with Crippen LogP contribution in [0, 0.1) is 5.82 Å². The lowest BCUT2D eigenvalue weighted by molar-refractivity contribution is 0.0545. The molecule has 108 valence electrons. The summed E-state index contributed by atoms with van der Waals surface area (Å²) in [5.41, 5.74) is -0.946. The summed E-state index contributed by atoms with van der Waals surface area (Å²) in [5.74, 6) is -1.29. The molecule has 8 heteroatoms. The molecule has 0 N–H and O–H groups in total. The van der Waals surface area contributed by atoms with Gasteiger partial charge in [0, 0.05) is 13.2 Å². The summed E-state index contributed by atoms with van der Waals surface area (Å²) in [4.78, 5) is 0. The van der Waals surface area contributed by atoms with Crippen molar-refractivity contribution in [3.05, 3.63) is 24.0 Å². The van der Waals surface area contributed by atoms with Gasteiger partial charge in [0.25, 0.3) is 0 Å². The van der Waals surface area contributed by atoms with Gasteiger partial charge in [-0.2, -0.15) is 0 Å². The van der Waals surface area contributed by atoms with Gasteiger partial charge in [0.15, 0.2) is 0 Å². The summed E-state index contributed by atoms with van der Waals surface area (Å²) in [6, 6.07) is 2.16. The van der Waals surface area contributed by atoms with Crippen LogP contribution in [0.25, 0.3) is 0 Å². The minimum absolute atomic E-state index is 0.0909. The topological polar surface area (TPSA) is 27.7 Å². The van der Waals surface area contributed by atoms with E-state index in [2.05, 4.69) is 0 Å². The molecule has 0 aliphatic carbocycles. The molecule has 0 saturated heterocycles. The second-order valence-electron chi connectivity index (χ2n) is 3.71. The molecule has 1 aromatic rings. The van der Waals surface area contributed by atoms with E-state index in [-0.39, 0.29) is 13.2 Å². The molecule has 1 rings (SSSR count). The van der Waals surface area contributed by atoms with E-state index in [1.807, 2.05) is 0 Å². The smallest absolute Gasteiger partial charge is 0.494 e. The largest absolute Gasteiger partial charge is 0.513 e. The zero-order chi connectivity index (χ0) is 14.3. The second-order valence-corrected chi connectivity index (χ2v) is 3.71. The molecule has 1 aromatic carbocycles. The molecule has 0 fully saturated rings. The molecule has 0 bridgehead atoms. The van der Waals surface area contributed by atoms with Crippen LogP contribution >= 0.6 is 0 Å². The molecular weight excluding hydrogens is 267 g/mol. The molecule has 0 atom stereocenters. The third-order valence-electron chi connectivity index (χ3n) is 2.25. The van der Waals surface area contributed by atoms with Gasteiger partial charge in [-0.15, -0.1) is 0 Å². The van der Waals surface area contributed by atoms with Crippen molar-refractivity contribution in [2.75, 3.05) is 33.5 Å². The van der Waals surface area contributed by atoms with Crippen molar-refractivity contribution in [3.63, 3.8) is 0 Å². The summed E-state index contributed by atoms with van der Waals surface area (Å²) >= 11 is 0. The highest BCUT2D eigenvalue weighted by Crippen LogP contribution is 2.18. The van der Waals surface area contributed by atoms with Gasteiger partial charge < -0.3 is 27.2 Å². The number of ether oxygens (including phenoxy) is 3. The van der Waals surface area contributed by atoms with Gasteiger partial charge in [-0.1, -0.05) is 11.5 Å². The van der Waals surface area contributed by atoms with Crippen LogP contribution in [0.4, 0.5) is 17.3 Å². The van der Waals surface area contributed by atoms with Crippen molar-refractivity contribution < 1.29 is 31.5 Å². The maximum absolute atomic E-state index is 12.9. The van der Waals surface area contributed by atoms with Crippen molar-refractivity contribution in [2.45, 2.75) is 0 Å². The lowest BCUT2D eigenvalue weighted by Crippen LogP contribution is -2.35. The van der Waals surface area contributed by atoms with E-state index in [9.17, 15) is 17.3 Å². The summed E-state index contributed by atoms with van der Waals surface area (Å²) in [7, 11) is 1.50. The molecule has 0 unspecified atom stereocenters. The van der Waals surface area contributed by atoms with Crippen molar-refractivity contribution in [1.29, 1.82) is 0 Å². The Labute approximate surface area is 108 Å². The summed E-state index contributed by atoms with van der Waals surface area (Å²) in [6.45, 7) is -4.52.